The summed E-state index contributed by atoms with van der Waals surface area (Å²) in [6.07, 6.45) is -7.69. The lowest BCUT2D eigenvalue weighted by Gasteiger charge is -2.18. The molecule has 2 rings (SSSR count). The maximum Gasteiger partial charge on any atom is 0.454 e. The summed E-state index contributed by atoms with van der Waals surface area (Å²) in [5.74, 6) is -2.90. The standard InChI is InChI=1S/C17H11F6NO3/c18-16(19,20)12-5-3-11(4-6-12)15(26)24(10-13-2-1-9-27-13)8-7-14(25)17(21,22)23/h1-9H,10H2/b8-7+. The number of carbonyl (C=O) groups excluding carboxylic acids is 2. The molecule has 0 N–H and O–H groups in total. The van der Waals surface area contributed by atoms with Crippen LogP contribution in [0.4, 0.5) is 26.3 Å². The van der Waals surface area contributed by atoms with Crippen molar-refractivity contribution in [3.8, 4) is 0 Å². The van der Waals surface area contributed by atoms with Gasteiger partial charge in [0.15, 0.2) is 0 Å². The first-order valence-corrected chi connectivity index (χ1v) is 7.28. The Morgan fingerprint density at radius 1 is 1.00 bits per heavy atom. The van der Waals surface area contributed by atoms with Crippen molar-refractivity contribution in [3.63, 3.8) is 0 Å². The Balaban J connectivity index is 2.27. The van der Waals surface area contributed by atoms with Gasteiger partial charge in [-0.05, 0) is 36.4 Å². The molecule has 1 amide bonds. The van der Waals surface area contributed by atoms with Gasteiger partial charge in [0.1, 0.15) is 5.76 Å². The van der Waals surface area contributed by atoms with Crippen molar-refractivity contribution in [2.45, 2.75) is 18.9 Å². The second-order valence-electron chi connectivity index (χ2n) is 5.27. The minimum absolute atomic E-state index is 0.158. The van der Waals surface area contributed by atoms with Gasteiger partial charge in [0.05, 0.1) is 18.4 Å². The number of hydrogen-bond acceptors (Lipinski definition) is 3. The van der Waals surface area contributed by atoms with E-state index in [2.05, 4.69) is 0 Å². The highest BCUT2D eigenvalue weighted by Gasteiger charge is 2.36. The van der Waals surface area contributed by atoms with Crippen LogP contribution in [0.1, 0.15) is 21.7 Å². The van der Waals surface area contributed by atoms with Gasteiger partial charge in [-0.1, -0.05) is 0 Å². The van der Waals surface area contributed by atoms with Crippen LogP contribution in [0.5, 0.6) is 0 Å². The molecule has 0 spiro atoms. The summed E-state index contributed by atoms with van der Waals surface area (Å²) < 4.78 is 79.8. The molecule has 1 heterocycles. The minimum Gasteiger partial charge on any atom is -0.467 e. The lowest BCUT2D eigenvalue weighted by atomic mass is 10.1. The molecular formula is C17H11F6NO3. The highest BCUT2D eigenvalue weighted by atomic mass is 19.4. The van der Waals surface area contributed by atoms with Crippen molar-refractivity contribution in [1.82, 2.24) is 4.90 Å². The van der Waals surface area contributed by atoms with Gasteiger partial charge in [-0.3, -0.25) is 9.59 Å². The second-order valence-corrected chi connectivity index (χ2v) is 5.27. The SMILES string of the molecule is O=C(c1ccc(C(F)(F)F)cc1)N(/C=C/C(=O)C(F)(F)F)Cc1ccco1. The van der Waals surface area contributed by atoms with E-state index in [-0.39, 0.29) is 23.9 Å². The third-order valence-corrected chi connectivity index (χ3v) is 3.31. The number of hydrogen-bond donors (Lipinski definition) is 0. The molecule has 10 heteroatoms. The Morgan fingerprint density at radius 3 is 2.11 bits per heavy atom. The maximum absolute atomic E-state index is 12.6. The smallest absolute Gasteiger partial charge is 0.454 e. The summed E-state index contributed by atoms with van der Waals surface area (Å²) >= 11 is 0. The van der Waals surface area contributed by atoms with Crippen LogP contribution < -0.4 is 0 Å². The summed E-state index contributed by atoms with van der Waals surface area (Å²) in [5.41, 5.74) is -1.20. The summed E-state index contributed by atoms with van der Waals surface area (Å²) in [6, 6.07) is 6.03. The van der Waals surface area contributed by atoms with Crippen molar-refractivity contribution in [2.24, 2.45) is 0 Å². The maximum atomic E-state index is 12.6. The minimum atomic E-state index is -5.12. The van der Waals surface area contributed by atoms with Crippen LogP contribution in [0.3, 0.4) is 0 Å². The van der Waals surface area contributed by atoms with E-state index in [4.69, 9.17) is 4.42 Å². The molecule has 144 valence electrons. The quantitative estimate of drug-likeness (QED) is 0.554. The number of alkyl halides is 6. The van der Waals surface area contributed by atoms with Crippen LogP contribution in [-0.4, -0.2) is 22.8 Å². The number of amides is 1. The lowest BCUT2D eigenvalue weighted by molar-refractivity contribution is -0.165. The molecule has 0 radical (unpaired) electrons. The predicted octanol–water partition coefficient (Wildman–Crippen LogP) is 4.59. The molecule has 4 nitrogen and oxygen atoms in total. The highest BCUT2D eigenvalue weighted by molar-refractivity contribution is 5.97. The fourth-order valence-corrected chi connectivity index (χ4v) is 1.98. The molecular weight excluding hydrogens is 380 g/mol. The van der Waals surface area contributed by atoms with Gasteiger partial charge in [0, 0.05) is 17.8 Å². The number of nitrogens with zero attached hydrogens (tertiary/aromatic N) is 1. The highest BCUT2D eigenvalue weighted by Crippen LogP contribution is 2.29. The second kappa shape index (κ2) is 7.68. The average Bonchev–Trinajstić information content (AvgIpc) is 3.09. The van der Waals surface area contributed by atoms with Crippen LogP contribution in [-0.2, 0) is 17.5 Å². The molecule has 1 aromatic heterocycles. The van der Waals surface area contributed by atoms with Gasteiger partial charge in [-0.2, -0.15) is 26.3 Å². The molecule has 0 fully saturated rings. The van der Waals surface area contributed by atoms with E-state index in [1.165, 1.54) is 18.4 Å². The number of carbonyl (C=O) groups is 2. The van der Waals surface area contributed by atoms with Crippen molar-refractivity contribution in [3.05, 3.63) is 71.8 Å². The van der Waals surface area contributed by atoms with E-state index in [1.54, 1.807) is 0 Å². The summed E-state index contributed by atoms with van der Waals surface area (Å²) in [5, 5.41) is 0. The summed E-state index contributed by atoms with van der Waals surface area (Å²) in [6.45, 7) is -0.325. The molecule has 0 aliphatic carbocycles. The van der Waals surface area contributed by atoms with Crippen LogP contribution in [0.15, 0.2) is 59.4 Å². The van der Waals surface area contributed by atoms with Crippen molar-refractivity contribution in [2.75, 3.05) is 0 Å². The predicted molar refractivity (Wildman–Crippen MR) is 80.2 cm³/mol. The lowest BCUT2D eigenvalue weighted by Crippen LogP contribution is -2.27. The molecule has 0 aliphatic rings. The largest absolute Gasteiger partial charge is 0.467 e. The van der Waals surface area contributed by atoms with Crippen LogP contribution >= 0.6 is 0 Å². The first kappa shape index (κ1) is 20.3. The molecule has 0 saturated carbocycles. The summed E-state index contributed by atoms with van der Waals surface area (Å²) in [4.78, 5) is 24.2. The molecule has 0 bridgehead atoms. The molecule has 27 heavy (non-hydrogen) atoms. The van der Waals surface area contributed by atoms with E-state index >= 15 is 0 Å². The van der Waals surface area contributed by atoms with Crippen molar-refractivity contribution in [1.29, 1.82) is 0 Å². The van der Waals surface area contributed by atoms with Crippen LogP contribution in [0.25, 0.3) is 0 Å². The number of halogens is 6. The van der Waals surface area contributed by atoms with E-state index in [0.717, 1.165) is 17.0 Å². The Bertz CT molecular complexity index is 820. The fourth-order valence-electron chi connectivity index (χ4n) is 1.98. The zero-order valence-electron chi connectivity index (χ0n) is 13.3. The Morgan fingerprint density at radius 2 is 1.63 bits per heavy atom. The average molecular weight is 391 g/mol. The zero-order valence-corrected chi connectivity index (χ0v) is 13.3. The normalized spacial score (nSPS) is 12.4. The van der Waals surface area contributed by atoms with E-state index in [0.29, 0.717) is 18.3 Å². The molecule has 1 aromatic carbocycles. The number of rotatable bonds is 5. The molecule has 0 atom stereocenters. The molecule has 0 saturated heterocycles. The third-order valence-electron chi connectivity index (χ3n) is 3.31. The number of furan rings is 1. The van der Waals surface area contributed by atoms with E-state index in [9.17, 15) is 35.9 Å². The van der Waals surface area contributed by atoms with Gasteiger partial charge in [0.25, 0.3) is 11.7 Å². The van der Waals surface area contributed by atoms with Gasteiger partial charge < -0.3 is 9.32 Å². The summed E-state index contributed by atoms with van der Waals surface area (Å²) in [7, 11) is 0. The number of allylic oxidation sites excluding steroid dienone is 1. The topological polar surface area (TPSA) is 50.5 Å². The monoisotopic (exact) mass is 391 g/mol. The van der Waals surface area contributed by atoms with Crippen LogP contribution in [0.2, 0.25) is 0 Å². The van der Waals surface area contributed by atoms with Gasteiger partial charge in [-0.25, -0.2) is 0 Å². The molecule has 2 aromatic rings. The van der Waals surface area contributed by atoms with Gasteiger partial charge in [-0.15, -0.1) is 0 Å². The van der Waals surface area contributed by atoms with E-state index in [1.807, 2.05) is 0 Å². The van der Waals surface area contributed by atoms with Crippen molar-refractivity contribution < 1.29 is 40.3 Å². The van der Waals surface area contributed by atoms with Gasteiger partial charge in [0.2, 0.25) is 0 Å². The van der Waals surface area contributed by atoms with E-state index < -0.39 is 29.6 Å². The first-order valence-electron chi connectivity index (χ1n) is 7.28. The Kier molecular flexibility index (Phi) is 5.77. The zero-order chi connectivity index (χ0) is 20.2. The number of benzene rings is 1. The number of ketones is 1. The van der Waals surface area contributed by atoms with Crippen molar-refractivity contribution >= 4 is 11.7 Å². The first-order chi connectivity index (χ1) is 12.5. The van der Waals surface area contributed by atoms with Crippen LogP contribution in [0, 0.1) is 0 Å². The Labute approximate surface area is 148 Å². The Hall–Kier alpha value is -3.04. The van der Waals surface area contributed by atoms with Gasteiger partial charge >= 0.3 is 12.4 Å². The molecule has 0 aliphatic heterocycles. The molecule has 0 unspecified atom stereocenters. The third kappa shape index (κ3) is 5.47. The fraction of sp³-hybridized carbons (Fsp3) is 0.176.